The minimum Gasteiger partial charge on any atom is -0.507 e. The number of ether oxygens (including phenoxy) is 1. The Morgan fingerprint density at radius 2 is 2.12 bits per heavy atom. The van der Waals surface area contributed by atoms with Gasteiger partial charge >= 0.3 is 5.97 Å². The summed E-state index contributed by atoms with van der Waals surface area (Å²) in [7, 11) is 0. The first-order valence-electron chi connectivity index (χ1n) is 5.21. The molecule has 2 rings (SSSR count). The van der Waals surface area contributed by atoms with Crippen LogP contribution >= 0.6 is 11.6 Å². The topological polar surface area (TPSA) is 46.5 Å². The highest BCUT2D eigenvalue weighted by Gasteiger charge is 2.10. The van der Waals surface area contributed by atoms with Gasteiger partial charge in [0.15, 0.2) is 0 Å². The third-order valence-corrected chi connectivity index (χ3v) is 2.64. The molecule has 4 heteroatoms. The van der Waals surface area contributed by atoms with E-state index in [-0.39, 0.29) is 5.75 Å². The Labute approximate surface area is 104 Å². The lowest BCUT2D eigenvalue weighted by Crippen LogP contribution is -2.04. The van der Waals surface area contributed by atoms with E-state index in [1.54, 1.807) is 31.2 Å². The number of fused-ring (bicyclic) bond motifs is 1. The molecule has 0 radical (unpaired) electrons. The zero-order valence-electron chi connectivity index (χ0n) is 9.24. The second kappa shape index (κ2) is 4.63. The minimum atomic E-state index is -0.445. The summed E-state index contributed by atoms with van der Waals surface area (Å²) in [5.74, 6) is -0.423. The van der Waals surface area contributed by atoms with Gasteiger partial charge in [-0.15, -0.1) is 0 Å². The fourth-order valence-corrected chi connectivity index (χ4v) is 1.81. The first-order valence-corrected chi connectivity index (χ1v) is 5.59. The number of hydrogen-bond donors (Lipinski definition) is 1. The molecular formula is C13H11ClO3. The maximum absolute atomic E-state index is 11.5. The predicted octanol–water partition coefficient (Wildman–Crippen LogP) is 3.38. The number of halogens is 1. The van der Waals surface area contributed by atoms with Crippen LogP contribution in [0, 0.1) is 0 Å². The quantitative estimate of drug-likeness (QED) is 0.832. The van der Waals surface area contributed by atoms with Gasteiger partial charge in [-0.1, -0.05) is 17.7 Å². The van der Waals surface area contributed by atoms with Gasteiger partial charge in [0, 0.05) is 10.4 Å². The molecule has 0 saturated carbocycles. The van der Waals surface area contributed by atoms with Crippen LogP contribution < -0.4 is 0 Å². The van der Waals surface area contributed by atoms with E-state index in [0.717, 1.165) is 5.39 Å². The van der Waals surface area contributed by atoms with Crippen molar-refractivity contribution in [1.29, 1.82) is 0 Å². The van der Waals surface area contributed by atoms with Gasteiger partial charge in [-0.25, -0.2) is 4.79 Å². The summed E-state index contributed by atoms with van der Waals surface area (Å²) in [6.07, 6.45) is 0. The molecule has 0 heterocycles. The van der Waals surface area contributed by atoms with Gasteiger partial charge in [-0.2, -0.15) is 0 Å². The average molecular weight is 251 g/mol. The molecule has 0 aliphatic carbocycles. The molecule has 0 unspecified atom stereocenters. The molecule has 0 saturated heterocycles. The van der Waals surface area contributed by atoms with Crippen LogP contribution in [0.1, 0.15) is 17.3 Å². The van der Waals surface area contributed by atoms with Crippen LogP contribution in [0.2, 0.25) is 5.02 Å². The molecule has 0 amide bonds. The third-order valence-electron chi connectivity index (χ3n) is 2.41. The highest BCUT2D eigenvalue weighted by Crippen LogP contribution is 2.29. The van der Waals surface area contributed by atoms with Crippen LogP contribution in [0.5, 0.6) is 5.75 Å². The number of hydrogen-bond acceptors (Lipinski definition) is 3. The number of aromatic hydroxyl groups is 1. The molecule has 0 aromatic heterocycles. The first kappa shape index (κ1) is 11.7. The number of benzene rings is 2. The van der Waals surface area contributed by atoms with Crippen molar-refractivity contribution >= 4 is 28.3 Å². The standard InChI is InChI=1S/C13H11ClO3/c1-2-17-13(16)9-5-8-3-4-10(14)7-11(8)12(15)6-9/h3-7,15H,2H2,1H3. The fraction of sp³-hybridized carbons (Fsp3) is 0.154. The Morgan fingerprint density at radius 1 is 1.35 bits per heavy atom. The number of carbonyl (C=O) groups excluding carboxylic acids is 1. The lowest BCUT2D eigenvalue weighted by Gasteiger charge is -2.06. The van der Waals surface area contributed by atoms with Crippen molar-refractivity contribution in [3.63, 3.8) is 0 Å². The summed E-state index contributed by atoms with van der Waals surface area (Å²) in [6.45, 7) is 2.04. The highest BCUT2D eigenvalue weighted by atomic mass is 35.5. The molecule has 0 spiro atoms. The van der Waals surface area contributed by atoms with Crippen molar-refractivity contribution in [2.75, 3.05) is 6.61 Å². The summed E-state index contributed by atoms with van der Waals surface area (Å²) in [4.78, 5) is 11.5. The van der Waals surface area contributed by atoms with E-state index < -0.39 is 5.97 Å². The van der Waals surface area contributed by atoms with Gasteiger partial charge in [-0.3, -0.25) is 0 Å². The first-order chi connectivity index (χ1) is 8.11. The van der Waals surface area contributed by atoms with E-state index in [4.69, 9.17) is 16.3 Å². The van der Waals surface area contributed by atoms with Crippen LogP contribution in [0.4, 0.5) is 0 Å². The number of phenolic OH excluding ortho intramolecular Hbond substituents is 1. The Balaban J connectivity index is 2.56. The van der Waals surface area contributed by atoms with E-state index in [0.29, 0.717) is 22.6 Å². The zero-order valence-corrected chi connectivity index (χ0v) is 9.99. The van der Waals surface area contributed by atoms with Crippen LogP contribution in [-0.4, -0.2) is 17.7 Å². The maximum atomic E-state index is 11.5. The fourth-order valence-electron chi connectivity index (χ4n) is 1.64. The van der Waals surface area contributed by atoms with Crippen LogP contribution in [-0.2, 0) is 4.74 Å². The summed E-state index contributed by atoms with van der Waals surface area (Å²) in [6, 6.07) is 8.17. The molecule has 0 bridgehead atoms. The van der Waals surface area contributed by atoms with Gasteiger partial charge in [0.1, 0.15) is 5.75 Å². The van der Waals surface area contributed by atoms with Crippen molar-refractivity contribution in [3.05, 3.63) is 40.9 Å². The van der Waals surface area contributed by atoms with Gasteiger partial charge in [0.05, 0.1) is 12.2 Å². The van der Waals surface area contributed by atoms with Crippen LogP contribution in [0.25, 0.3) is 10.8 Å². The normalized spacial score (nSPS) is 10.5. The number of rotatable bonds is 2. The summed E-state index contributed by atoms with van der Waals surface area (Å²) < 4.78 is 4.88. The van der Waals surface area contributed by atoms with E-state index >= 15 is 0 Å². The Kier molecular flexibility index (Phi) is 3.20. The Bertz CT molecular complexity index is 578. The predicted molar refractivity (Wildman–Crippen MR) is 66.6 cm³/mol. The van der Waals surface area contributed by atoms with Gasteiger partial charge < -0.3 is 9.84 Å². The molecule has 0 aliphatic heterocycles. The van der Waals surface area contributed by atoms with Crippen molar-refractivity contribution < 1.29 is 14.6 Å². The lowest BCUT2D eigenvalue weighted by atomic mass is 10.1. The largest absolute Gasteiger partial charge is 0.507 e. The van der Waals surface area contributed by atoms with Crippen LogP contribution in [0.3, 0.4) is 0 Å². The maximum Gasteiger partial charge on any atom is 0.338 e. The molecule has 1 N–H and O–H groups in total. The smallest absolute Gasteiger partial charge is 0.338 e. The van der Waals surface area contributed by atoms with Crippen molar-refractivity contribution in [2.24, 2.45) is 0 Å². The molecule has 0 fully saturated rings. The molecule has 2 aromatic carbocycles. The summed E-state index contributed by atoms with van der Waals surface area (Å²) in [5, 5.41) is 11.7. The second-order valence-electron chi connectivity index (χ2n) is 3.58. The second-order valence-corrected chi connectivity index (χ2v) is 4.02. The van der Waals surface area contributed by atoms with E-state index in [2.05, 4.69) is 0 Å². The Morgan fingerprint density at radius 3 is 2.82 bits per heavy atom. The molecule has 3 nitrogen and oxygen atoms in total. The average Bonchev–Trinajstić information content (AvgIpc) is 2.30. The van der Waals surface area contributed by atoms with E-state index in [9.17, 15) is 9.90 Å². The number of phenols is 1. The Hall–Kier alpha value is -1.74. The molecule has 88 valence electrons. The molecule has 17 heavy (non-hydrogen) atoms. The monoisotopic (exact) mass is 250 g/mol. The van der Waals surface area contributed by atoms with Gasteiger partial charge in [-0.05, 0) is 36.6 Å². The summed E-state index contributed by atoms with van der Waals surface area (Å²) >= 11 is 5.84. The van der Waals surface area contributed by atoms with E-state index in [1.165, 1.54) is 6.07 Å². The molecule has 0 aliphatic rings. The van der Waals surface area contributed by atoms with Crippen molar-refractivity contribution in [1.82, 2.24) is 0 Å². The number of esters is 1. The molecular weight excluding hydrogens is 240 g/mol. The van der Waals surface area contributed by atoms with Crippen molar-refractivity contribution in [2.45, 2.75) is 6.92 Å². The summed E-state index contributed by atoms with van der Waals surface area (Å²) in [5.41, 5.74) is 0.333. The minimum absolute atomic E-state index is 0.0213. The van der Waals surface area contributed by atoms with Gasteiger partial charge in [0.2, 0.25) is 0 Å². The molecule has 2 aromatic rings. The van der Waals surface area contributed by atoms with Gasteiger partial charge in [0.25, 0.3) is 0 Å². The van der Waals surface area contributed by atoms with E-state index in [1.807, 2.05) is 0 Å². The lowest BCUT2D eigenvalue weighted by molar-refractivity contribution is 0.0526. The SMILES string of the molecule is CCOC(=O)c1cc(O)c2cc(Cl)ccc2c1. The zero-order chi connectivity index (χ0) is 12.4. The highest BCUT2D eigenvalue weighted by molar-refractivity contribution is 6.31. The molecule has 0 atom stereocenters. The van der Waals surface area contributed by atoms with Crippen molar-refractivity contribution in [3.8, 4) is 5.75 Å². The van der Waals surface area contributed by atoms with Crippen LogP contribution in [0.15, 0.2) is 30.3 Å². The third kappa shape index (κ3) is 2.34. The number of carbonyl (C=O) groups is 1.